The number of amides is 1. The van der Waals surface area contributed by atoms with E-state index in [2.05, 4.69) is 12.2 Å². The van der Waals surface area contributed by atoms with Crippen molar-refractivity contribution in [1.82, 2.24) is 4.31 Å². The molecule has 1 fully saturated rings. The number of unbranched alkanes of at least 4 members (excludes halogenated alkanes) is 1. The van der Waals surface area contributed by atoms with Crippen molar-refractivity contribution in [3.63, 3.8) is 0 Å². The Bertz CT molecular complexity index is 1050. The smallest absolute Gasteiger partial charge is 0.243 e. The minimum Gasteiger partial charge on any atom is -0.493 e. The number of hydrogen-bond donors (Lipinski definition) is 1. The van der Waals surface area contributed by atoms with Crippen molar-refractivity contribution in [2.24, 2.45) is 0 Å². The van der Waals surface area contributed by atoms with Gasteiger partial charge in [0.1, 0.15) is 0 Å². The fourth-order valence-corrected chi connectivity index (χ4v) is 6.03. The number of ether oxygens (including phenoxy) is 2. The predicted molar refractivity (Wildman–Crippen MR) is 134 cm³/mol. The van der Waals surface area contributed by atoms with Gasteiger partial charge in [0.25, 0.3) is 0 Å². The van der Waals surface area contributed by atoms with Crippen molar-refractivity contribution in [2.75, 3.05) is 26.1 Å². The highest BCUT2D eigenvalue weighted by molar-refractivity contribution is 7.89. The first-order chi connectivity index (χ1) is 16.4. The lowest BCUT2D eigenvalue weighted by molar-refractivity contribution is -0.116. The van der Waals surface area contributed by atoms with Crippen molar-refractivity contribution in [3.05, 3.63) is 48.0 Å². The van der Waals surface area contributed by atoms with Crippen LogP contribution in [0.4, 0.5) is 5.69 Å². The highest BCUT2D eigenvalue weighted by atomic mass is 32.2. The summed E-state index contributed by atoms with van der Waals surface area (Å²) in [6, 6.07) is 12.1. The second kappa shape index (κ2) is 12.2. The molecule has 0 spiro atoms. The SMILES string of the molecule is CCCCc1ccc(NC(=O)CN(C2CCCCC2)S(=O)(=O)c2ccc(OC)c(OC)c2)cc1. The molecule has 1 saturated carbocycles. The summed E-state index contributed by atoms with van der Waals surface area (Å²) in [6.45, 7) is 1.92. The lowest BCUT2D eigenvalue weighted by Gasteiger charge is -2.33. The molecule has 186 valence electrons. The van der Waals surface area contributed by atoms with Gasteiger partial charge in [0, 0.05) is 17.8 Å². The monoisotopic (exact) mass is 488 g/mol. The summed E-state index contributed by atoms with van der Waals surface area (Å²) in [4.78, 5) is 13.0. The van der Waals surface area contributed by atoms with E-state index in [9.17, 15) is 13.2 Å². The molecular weight excluding hydrogens is 452 g/mol. The van der Waals surface area contributed by atoms with Crippen LogP contribution in [0.2, 0.25) is 0 Å². The van der Waals surface area contributed by atoms with Crippen LogP contribution in [0, 0.1) is 0 Å². The van der Waals surface area contributed by atoms with Gasteiger partial charge in [0.15, 0.2) is 11.5 Å². The molecule has 0 unspecified atom stereocenters. The third-order valence-corrected chi connectivity index (χ3v) is 8.19. The zero-order valence-electron chi connectivity index (χ0n) is 20.4. The van der Waals surface area contributed by atoms with Crippen molar-refractivity contribution < 1.29 is 22.7 Å². The summed E-state index contributed by atoms with van der Waals surface area (Å²) in [7, 11) is -0.958. The summed E-state index contributed by atoms with van der Waals surface area (Å²) < 4.78 is 39.3. The lowest BCUT2D eigenvalue weighted by atomic mass is 9.95. The molecule has 1 amide bonds. The van der Waals surface area contributed by atoms with E-state index < -0.39 is 10.0 Å². The summed E-state index contributed by atoms with van der Waals surface area (Å²) in [5.41, 5.74) is 1.89. The maximum atomic E-state index is 13.7. The highest BCUT2D eigenvalue weighted by Gasteiger charge is 2.34. The minimum atomic E-state index is -3.93. The van der Waals surface area contributed by atoms with E-state index in [1.807, 2.05) is 24.3 Å². The molecule has 2 aromatic carbocycles. The first-order valence-electron chi connectivity index (χ1n) is 12.0. The first kappa shape index (κ1) is 26.0. The van der Waals surface area contributed by atoms with Crippen LogP contribution >= 0.6 is 0 Å². The van der Waals surface area contributed by atoms with Crippen LogP contribution in [0.5, 0.6) is 11.5 Å². The molecule has 0 radical (unpaired) electrons. The molecule has 0 aliphatic heterocycles. The van der Waals surface area contributed by atoms with Gasteiger partial charge in [-0.2, -0.15) is 4.31 Å². The maximum absolute atomic E-state index is 13.7. The van der Waals surface area contributed by atoms with E-state index in [1.54, 1.807) is 6.07 Å². The van der Waals surface area contributed by atoms with Crippen molar-refractivity contribution >= 4 is 21.6 Å². The molecule has 8 heteroatoms. The van der Waals surface area contributed by atoms with Crippen LogP contribution in [0.25, 0.3) is 0 Å². The van der Waals surface area contributed by atoms with Gasteiger partial charge in [-0.15, -0.1) is 0 Å². The van der Waals surface area contributed by atoms with Crippen molar-refractivity contribution in [1.29, 1.82) is 0 Å². The number of hydrogen-bond acceptors (Lipinski definition) is 5. The third kappa shape index (κ3) is 6.51. The van der Waals surface area contributed by atoms with Crippen LogP contribution in [0.15, 0.2) is 47.4 Å². The number of sulfonamides is 1. The van der Waals surface area contributed by atoms with Crippen LogP contribution in [-0.2, 0) is 21.2 Å². The Kier molecular flexibility index (Phi) is 9.36. The number of anilines is 1. The quantitative estimate of drug-likeness (QED) is 0.481. The standard InChI is InChI=1S/C26H36N2O5S/c1-4-5-9-20-12-14-21(15-13-20)27-26(29)19-28(22-10-7-6-8-11-22)34(30,31)23-16-17-24(32-2)25(18-23)33-3/h12-18,22H,4-11,19H2,1-3H3,(H,27,29). The molecule has 0 aromatic heterocycles. The molecule has 7 nitrogen and oxygen atoms in total. The summed E-state index contributed by atoms with van der Waals surface area (Å²) in [5.74, 6) is 0.432. The molecule has 0 heterocycles. The van der Waals surface area contributed by atoms with Gasteiger partial charge in [-0.25, -0.2) is 8.42 Å². The molecular formula is C26H36N2O5S. The van der Waals surface area contributed by atoms with Gasteiger partial charge in [-0.1, -0.05) is 44.7 Å². The van der Waals surface area contributed by atoms with E-state index in [1.165, 1.54) is 36.2 Å². The first-order valence-corrected chi connectivity index (χ1v) is 13.5. The fourth-order valence-electron chi connectivity index (χ4n) is 4.37. The number of methoxy groups -OCH3 is 2. The Hall–Kier alpha value is -2.58. The van der Waals surface area contributed by atoms with E-state index in [0.717, 1.165) is 51.4 Å². The Morgan fingerprint density at radius 2 is 1.68 bits per heavy atom. The summed E-state index contributed by atoms with van der Waals surface area (Å²) in [6.07, 6.45) is 7.71. The second-order valence-electron chi connectivity index (χ2n) is 8.71. The Morgan fingerprint density at radius 3 is 2.29 bits per heavy atom. The van der Waals surface area contributed by atoms with E-state index in [0.29, 0.717) is 17.2 Å². The molecule has 34 heavy (non-hydrogen) atoms. The fraction of sp³-hybridized carbons (Fsp3) is 0.500. The number of carbonyl (C=O) groups excluding carboxylic acids is 1. The van der Waals surface area contributed by atoms with Crippen molar-refractivity contribution in [3.8, 4) is 11.5 Å². The zero-order valence-corrected chi connectivity index (χ0v) is 21.2. The van der Waals surface area contributed by atoms with Gasteiger partial charge in [-0.05, 0) is 55.5 Å². The molecule has 0 atom stereocenters. The van der Waals surface area contributed by atoms with Gasteiger partial charge in [0.05, 0.1) is 25.7 Å². The third-order valence-electron chi connectivity index (χ3n) is 6.30. The zero-order chi connectivity index (χ0) is 24.6. The predicted octanol–water partition coefficient (Wildman–Crippen LogP) is 5.01. The van der Waals surface area contributed by atoms with Gasteiger partial charge >= 0.3 is 0 Å². The largest absolute Gasteiger partial charge is 0.493 e. The lowest BCUT2D eigenvalue weighted by Crippen LogP contribution is -2.45. The van der Waals surface area contributed by atoms with E-state index >= 15 is 0 Å². The normalized spacial score (nSPS) is 14.7. The summed E-state index contributed by atoms with van der Waals surface area (Å²) in [5, 5.41) is 2.87. The number of carbonyl (C=O) groups is 1. The second-order valence-corrected chi connectivity index (χ2v) is 10.6. The highest BCUT2D eigenvalue weighted by Crippen LogP contribution is 2.33. The average molecular weight is 489 g/mol. The van der Waals surface area contributed by atoms with Crippen LogP contribution in [0.3, 0.4) is 0 Å². The Morgan fingerprint density at radius 1 is 1.00 bits per heavy atom. The minimum absolute atomic E-state index is 0.0869. The van der Waals surface area contributed by atoms with Crippen molar-refractivity contribution in [2.45, 2.75) is 69.2 Å². The van der Waals surface area contributed by atoms with E-state index in [4.69, 9.17) is 9.47 Å². The molecule has 1 aliphatic rings. The van der Waals surface area contributed by atoms with E-state index in [-0.39, 0.29) is 23.4 Å². The molecule has 2 aromatic rings. The average Bonchev–Trinajstić information content (AvgIpc) is 2.86. The molecule has 0 saturated heterocycles. The van der Waals surface area contributed by atoms with Crippen LogP contribution in [0.1, 0.15) is 57.4 Å². The molecule has 3 rings (SSSR count). The molecule has 1 N–H and O–H groups in total. The van der Waals surface area contributed by atoms with Crippen LogP contribution in [-0.4, -0.2) is 45.4 Å². The number of benzene rings is 2. The summed E-state index contributed by atoms with van der Waals surface area (Å²) >= 11 is 0. The van der Waals surface area contributed by atoms with Crippen LogP contribution < -0.4 is 14.8 Å². The number of aryl methyl sites for hydroxylation is 1. The number of nitrogens with zero attached hydrogens (tertiary/aromatic N) is 1. The van der Waals surface area contributed by atoms with Gasteiger partial charge in [0.2, 0.25) is 15.9 Å². The van der Waals surface area contributed by atoms with Gasteiger partial charge in [-0.3, -0.25) is 4.79 Å². The number of nitrogens with one attached hydrogen (secondary N) is 1. The molecule has 0 bridgehead atoms. The maximum Gasteiger partial charge on any atom is 0.243 e. The molecule has 1 aliphatic carbocycles. The topological polar surface area (TPSA) is 84.9 Å². The Balaban J connectivity index is 1.81. The number of rotatable bonds is 11. The Labute approximate surface area is 203 Å². The van der Waals surface area contributed by atoms with Gasteiger partial charge < -0.3 is 14.8 Å².